The Kier molecular flexibility index (Phi) is 5.79. The van der Waals surface area contributed by atoms with Gasteiger partial charge in [0.2, 0.25) is 0 Å². The molecule has 1 aliphatic heterocycles. The number of fused-ring (bicyclic) bond motifs is 1. The predicted molar refractivity (Wildman–Crippen MR) is 99.0 cm³/mol. The van der Waals surface area contributed by atoms with Crippen LogP contribution in [0.3, 0.4) is 0 Å². The number of imidazole rings is 1. The molecule has 0 aliphatic carbocycles. The highest BCUT2D eigenvalue weighted by Gasteiger charge is 2.28. The molecular weight excluding hydrogens is 442 g/mol. The maximum Gasteiger partial charge on any atom is 0.257 e. The van der Waals surface area contributed by atoms with Crippen LogP contribution in [0, 0.1) is 0 Å². The number of benzene rings is 2. The van der Waals surface area contributed by atoms with Gasteiger partial charge in [0.05, 0.1) is 23.0 Å². The zero-order chi connectivity index (χ0) is 16.7. The molecule has 0 radical (unpaired) electrons. The van der Waals surface area contributed by atoms with E-state index in [1.54, 1.807) is 0 Å². The molecule has 0 amide bonds. The number of aromatic nitrogens is 2. The van der Waals surface area contributed by atoms with Crippen molar-refractivity contribution in [2.75, 3.05) is 0 Å². The molecule has 0 saturated carbocycles. The summed E-state index contributed by atoms with van der Waals surface area (Å²) in [6.45, 7) is 1.85. The largest absolute Gasteiger partial charge is 1.00 e. The van der Waals surface area contributed by atoms with Crippen LogP contribution in [-0.4, -0.2) is 4.57 Å². The zero-order valence-electron chi connectivity index (χ0n) is 13.4. The van der Waals surface area contributed by atoms with E-state index in [4.69, 9.17) is 34.8 Å². The average molecular weight is 459 g/mol. The Balaban J connectivity index is 0.00000182. The summed E-state index contributed by atoms with van der Waals surface area (Å²) in [4.78, 5) is 0. The van der Waals surface area contributed by atoms with Gasteiger partial charge in [-0.05, 0) is 42.3 Å². The van der Waals surface area contributed by atoms with Crippen molar-refractivity contribution >= 4 is 34.8 Å². The fourth-order valence-electron chi connectivity index (χ4n) is 3.36. The molecule has 0 N–H and O–H groups in total. The van der Waals surface area contributed by atoms with E-state index < -0.39 is 0 Å². The lowest BCUT2D eigenvalue weighted by Crippen LogP contribution is -3.00. The molecule has 1 aromatic heterocycles. The standard InChI is InChI=1S/C19H16Cl3N2.BrH/c20-15-4-1-3-13(9-15)11-23-12-18(24-8-2-5-19(23)24)14-6-7-16(21)17(22)10-14;/h1,3-4,6-7,9-10,12H,2,5,8,11H2;1H/q+1;/p-1. The number of hydrogen-bond acceptors (Lipinski definition) is 0. The molecule has 2 aromatic carbocycles. The number of rotatable bonds is 3. The van der Waals surface area contributed by atoms with E-state index in [9.17, 15) is 0 Å². The monoisotopic (exact) mass is 456 g/mol. The second-order valence-electron chi connectivity index (χ2n) is 6.07. The lowest BCUT2D eigenvalue weighted by atomic mass is 10.1. The normalized spacial score (nSPS) is 12.8. The van der Waals surface area contributed by atoms with Gasteiger partial charge in [0.25, 0.3) is 5.82 Å². The third-order valence-corrected chi connectivity index (χ3v) is 5.43. The van der Waals surface area contributed by atoms with Crippen molar-refractivity contribution in [2.45, 2.75) is 25.9 Å². The molecule has 0 spiro atoms. The first-order chi connectivity index (χ1) is 11.6. The van der Waals surface area contributed by atoms with E-state index >= 15 is 0 Å². The first-order valence-electron chi connectivity index (χ1n) is 7.93. The summed E-state index contributed by atoms with van der Waals surface area (Å²) in [6, 6.07) is 13.8. The van der Waals surface area contributed by atoms with Crippen molar-refractivity contribution in [1.29, 1.82) is 0 Å². The van der Waals surface area contributed by atoms with E-state index in [-0.39, 0.29) is 17.0 Å². The third-order valence-electron chi connectivity index (χ3n) is 4.45. The Morgan fingerprint density at radius 1 is 1.00 bits per heavy atom. The Hall–Kier alpha value is -1.000. The van der Waals surface area contributed by atoms with E-state index in [2.05, 4.69) is 21.4 Å². The van der Waals surface area contributed by atoms with Crippen molar-refractivity contribution in [3.63, 3.8) is 0 Å². The van der Waals surface area contributed by atoms with Crippen LogP contribution in [0.2, 0.25) is 15.1 Å². The first-order valence-corrected chi connectivity index (χ1v) is 9.07. The van der Waals surface area contributed by atoms with E-state index in [0.29, 0.717) is 10.0 Å². The molecule has 0 atom stereocenters. The van der Waals surface area contributed by atoms with E-state index in [1.165, 1.54) is 23.5 Å². The molecular formula is C19H16BrCl3N2. The van der Waals surface area contributed by atoms with Crippen LogP contribution >= 0.6 is 34.8 Å². The highest BCUT2D eigenvalue weighted by atomic mass is 79.9. The minimum atomic E-state index is 0. The Morgan fingerprint density at radius 2 is 1.84 bits per heavy atom. The zero-order valence-corrected chi connectivity index (χ0v) is 17.2. The van der Waals surface area contributed by atoms with Crippen molar-refractivity contribution in [1.82, 2.24) is 4.57 Å². The van der Waals surface area contributed by atoms with Gasteiger partial charge in [-0.2, -0.15) is 0 Å². The molecule has 130 valence electrons. The predicted octanol–water partition coefficient (Wildman–Crippen LogP) is 2.40. The van der Waals surface area contributed by atoms with Gasteiger partial charge < -0.3 is 17.0 Å². The summed E-state index contributed by atoms with van der Waals surface area (Å²) in [5.41, 5.74) is 3.48. The number of nitrogens with zero attached hydrogens (tertiary/aromatic N) is 2. The molecule has 2 nitrogen and oxygen atoms in total. The van der Waals surface area contributed by atoms with Gasteiger partial charge >= 0.3 is 0 Å². The van der Waals surface area contributed by atoms with Crippen LogP contribution in [0.1, 0.15) is 17.8 Å². The molecule has 3 aromatic rings. The second kappa shape index (κ2) is 7.71. The minimum Gasteiger partial charge on any atom is -1.00 e. The maximum atomic E-state index is 6.21. The molecule has 25 heavy (non-hydrogen) atoms. The van der Waals surface area contributed by atoms with Gasteiger partial charge in [0.15, 0.2) is 5.69 Å². The van der Waals surface area contributed by atoms with E-state index in [0.717, 1.165) is 30.1 Å². The second-order valence-corrected chi connectivity index (χ2v) is 7.32. The number of hydrogen-bond donors (Lipinski definition) is 0. The highest BCUT2D eigenvalue weighted by Crippen LogP contribution is 2.30. The summed E-state index contributed by atoms with van der Waals surface area (Å²) in [6.07, 6.45) is 4.46. The molecule has 4 rings (SSSR count). The molecule has 0 fully saturated rings. The van der Waals surface area contributed by atoms with Gasteiger partial charge in [0, 0.05) is 10.6 Å². The topological polar surface area (TPSA) is 8.81 Å². The lowest BCUT2D eigenvalue weighted by molar-refractivity contribution is -0.694. The van der Waals surface area contributed by atoms with Crippen molar-refractivity contribution in [2.24, 2.45) is 0 Å². The fourth-order valence-corrected chi connectivity index (χ4v) is 3.87. The fraction of sp³-hybridized carbons (Fsp3) is 0.211. The molecule has 2 heterocycles. The van der Waals surface area contributed by atoms with E-state index in [1.807, 2.05) is 36.4 Å². The summed E-state index contributed by atoms with van der Waals surface area (Å²) in [7, 11) is 0. The van der Waals surface area contributed by atoms with Gasteiger partial charge in [-0.25, -0.2) is 9.13 Å². The quantitative estimate of drug-likeness (QED) is 0.533. The molecule has 0 saturated heterocycles. The van der Waals surface area contributed by atoms with Gasteiger partial charge in [-0.1, -0.05) is 46.9 Å². The van der Waals surface area contributed by atoms with Crippen LogP contribution in [-0.2, 0) is 19.5 Å². The molecule has 0 bridgehead atoms. The molecule has 0 unspecified atom stereocenters. The van der Waals surface area contributed by atoms with Gasteiger partial charge in [0.1, 0.15) is 12.7 Å². The Labute approximate surface area is 172 Å². The summed E-state index contributed by atoms with van der Waals surface area (Å²) in [5, 5.41) is 1.94. The van der Waals surface area contributed by atoms with Gasteiger partial charge in [-0.3, -0.25) is 0 Å². The van der Waals surface area contributed by atoms with Gasteiger partial charge in [-0.15, -0.1) is 0 Å². The summed E-state index contributed by atoms with van der Waals surface area (Å²) in [5.74, 6) is 1.34. The molecule has 1 aliphatic rings. The smallest absolute Gasteiger partial charge is 0.257 e. The SMILES string of the molecule is Clc1cccc(C[n+]2cc(-c3ccc(Cl)c(Cl)c3)n3c2CCC3)c1.[Br-]. The minimum absolute atomic E-state index is 0. The average Bonchev–Trinajstić information content (AvgIpc) is 3.14. The Bertz CT molecular complexity index is 921. The van der Waals surface area contributed by atoms with Crippen LogP contribution in [0.15, 0.2) is 48.7 Å². The number of halogens is 4. The maximum absolute atomic E-state index is 6.21. The molecule has 6 heteroatoms. The van der Waals surface area contributed by atoms with Crippen LogP contribution < -0.4 is 21.5 Å². The van der Waals surface area contributed by atoms with Crippen molar-refractivity contribution in [3.05, 3.63) is 75.1 Å². The highest BCUT2D eigenvalue weighted by molar-refractivity contribution is 6.42. The summed E-state index contributed by atoms with van der Waals surface area (Å²) >= 11 is 18.4. The van der Waals surface area contributed by atoms with Crippen molar-refractivity contribution in [3.8, 4) is 11.3 Å². The van der Waals surface area contributed by atoms with Crippen molar-refractivity contribution < 1.29 is 21.5 Å². The first kappa shape index (κ1) is 18.8. The van der Waals surface area contributed by atoms with Crippen LogP contribution in [0.5, 0.6) is 0 Å². The lowest BCUT2D eigenvalue weighted by Gasteiger charge is -2.01. The Morgan fingerprint density at radius 3 is 2.60 bits per heavy atom. The van der Waals surface area contributed by atoms with Crippen LogP contribution in [0.25, 0.3) is 11.3 Å². The van der Waals surface area contributed by atoms with Crippen LogP contribution in [0.4, 0.5) is 0 Å². The third kappa shape index (κ3) is 3.75. The summed E-state index contributed by atoms with van der Waals surface area (Å²) < 4.78 is 4.70.